The maximum Gasteiger partial charge on any atom is 0.265 e. The number of benzene rings is 1. The van der Waals surface area contributed by atoms with E-state index in [0.29, 0.717) is 20.7 Å². The van der Waals surface area contributed by atoms with Crippen molar-refractivity contribution < 1.29 is 9.59 Å². The monoisotopic (exact) mass is 337 g/mol. The number of aryl methyl sites for hydroxylation is 1. The first-order valence-electron chi connectivity index (χ1n) is 6.60. The molecule has 0 aliphatic carbocycles. The van der Waals surface area contributed by atoms with Crippen molar-refractivity contribution in [2.45, 2.75) is 13.3 Å². The molecule has 1 heterocycles. The minimum absolute atomic E-state index is 0.117. The van der Waals surface area contributed by atoms with Crippen LogP contribution in [0.15, 0.2) is 24.3 Å². The van der Waals surface area contributed by atoms with Gasteiger partial charge < -0.3 is 10.2 Å². The molecule has 2 amide bonds. The fourth-order valence-corrected chi connectivity index (χ4v) is 2.93. The zero-order valence-corrected chi connectivity index (χ0v) is 14.1. The highest BCUT2D eigenvalue weighted by molar-refractivity contribution is 7.17. The van der Waals surface area contributed by atoms with Crippen LogP contribution in [-0.2, 0) is 11.2 Å². The molecule has 0 saturated carbocycles. The van der Waals surface area contributed by atoms with E-state index in [4.69, 9.17) is 11.6 Å². The first-order chi connectivity index (χ1) is 10.4. The molecule has 0 aliphatic heterocycles. The fraction of sp³-hybridized carbons (Fsp3) is 0.267. The lowest BCUT2D eigenvalue weighted by molar-refractivity contribution is -0.115. The molecule has 1 aromatic heterocycles. The summed E-state index contributed by atoms with van der Waals surface area (Å²) < 4.78 is 0. The van der Waals surface area contributed by atoms with Crippen molar-refractivity contribution in [3.63, 3.8) is 0 Å². The van der Waals surface area contributed by atoms with Crippen LogP contribution in [-0.4, -0.2) is 35.8 Å². The van der Waals surface area contributed by atoms with Crippen LogP contribution in [0.5, 0.6) is 0 Å². The van der Waals surface area contributed by atoms with Gasteiger partial charge in [-0.2, -0.15) is 0 Å². The number of rotatable bonds is 4. The number of anilines is 1. The molecule has 2 rings (SSSR count). The van der Waals surface area contributed by atoms with E-state index in [-0.39, 0.29) is 18.2 Å². The van der Waals surface area contributed by atoms with Crippen LogP contribution < -0.4 is 5.32 Å². The second kappa shape index (κ2) is 6.89. The smallest absolute Gasteiger partial charge is 0.265 e. The van der Waals surface area contributed by atoms with Gasteiger partial charge in [-0.15, -0.1) is 0 Å². The maximum atomic E-state index is 12.0. The third kappa shape index (κ3) is 4.05. The van der Waals surface area contributed by atoms with E-state index in [2.05, 4.69) is 10.3 Å². The summed E-state index contributed by atoms with van der Waals surface area (Å²) in [6, 6.07) is 7.09. The molecule has 1 N–H and O–H groups in total. The van der Waals surface area contributed by atoms with E-state index in [1.165, 1.54) is 16.2 Å². The number of amides is 2. The number of halogens is 1. The minimum atomic E-state index is -0.181. The Balaban J connectivity index is 2.04. The lowest BCUT2D eigenvalue weighted by Crippen LogP contribution is -2.21. The van der Waals surface area contributed by atoms with Crippen molar-refractivity contribution in [1.29, 1.82) is 0 Å². The molecular weight excluding hydrogens is 322 g/mol. The third-order valence-corrected chi connectivity index (χ3v) is 4.23. The number of nitrogens with zero attached hydrogens (tertiary/aromatic N) is 2. The van der Waals surface area contributed by atoms with E-state index in [1.807, 2.05) is 0 Å². The molecule has 0 unspecified atom stereocenters. The van der Waals surface area contributed by atoms with Crippen LogP contribution in [0.1, 0.15) is 20.9 Å². The van der Waals surface area contributed by atoms with Gasteiger partial charge in [-0.1, -0.05) is 35.1 Å². The predicted octanol–water partition coefficient (Wildman–Crippen LogP) is 2.99. The van der Waals surface area contributed by atoms with Crippen molar-refractivity contribution in [3.05, 3.63) is 45.4 Å². The maximum absolute atomic E-state index is 12.0. The molecule has 0 atom stereocenters. The topological polar surface area (TPSA) is 62.3 Å². The summed E-state index contributed by atoms with van der Waals surface area (Å²) in [6.45, 7) is 1.75. The molecule has 5 nitrogen and oxygen atoms in total. The highest BCUT2D eigenvalue weighted by atomic mass is 35.5. The quantitative estimate of drug-likeness (QED) is 0.932. The van der Waals surface area contributed by atoms with Crippen LogP contribution in [0.25, 0.3) is 0 Å². The SMILES string of the molecule is Cc1nc(NC(=O)Cc2ccc(Cl)cc2)sc1C(=O)N(C)C. The van der Waals surface area contributed by atoms with Crippen LogP contribution in [0.2, 0.25) is 5.02 Å². The molecule has 0 spiro atoms. The molecule has 7 heteroatoms. The Labute approximate surface area is 137 Å². The minimum Gasteiger partial charge on any atom is -0.344 e. The first-order valence-corrected chi connectivity index (χ1v) is 7.79. The molecule has 116 valence electrons. The Hall–Kier alpha value is -1.92. The number of hydrogen-bond donors (Lipinski definition) is 1. The van der Waals surface area contributed by atoms with Gasteiger partial charge >= 0.3 is 0 Å². The Morgan fingerprint density at radius 2 is 1.91 bits per heavy atom. The molecule has 1 aromatic carbocycles. The molecular formula is C15H16ClN3O2S. The van der Waals surface area contributed by atoms with Gasteiger partial charge in [0.1, 0.15) is 4.88 Å². The summed E-state index contributed by atoms with van der Waals surface area (Å²) in [5.74, 6) is -0.298. The van der Waals surface area contributed by atoms with Gasteiger partial charge in [-0.05, 0) is 24.6 Å². The average molecular weight is 338 g/mol. The van der Waals surface area contributed by atoms with Crippen LogP contribution in [0.3, 0.4) is 0 Å². The van der Waals surface area contributed by atoms with Crippen LogP contribution in [0, 0.1) is 6.92 Å². The third-order valence-electron chi connectivity index (χ3n) is 2.92. The zero-order chi connectivity index (χ0) is 16.3. The lowest BCUT2D eigenvalue weighted by atomic mass is 10.1. The van der Waals surface area contributed by atoms with Gasteiger partial charge in [0.15, 0.2) is 5.13 Å². The van der Waals surface area contributed by atoms with Crippen molar-refractivity contribution in [1.82, 2.24) is 9.88 Å². The number of carbonyl (C=O) groups excluding carboxylic acids is 2. The summed E-state index contributed by atoms with van der Waals surface area (Å²) in [7, 11) is 3.36. The van der Waals surface area contributed by atoms with Crippen LogP contribution >= 0.6 is 22.9 Å². The van der Waals surface area contributed by atoms with Gasteiger partial charge in [0.2, 0.25) is 5.91 Å². The van der Waals surface area contributed by atoms with E-state index in [0.717, 1.165) is 5.56 Å². The molecule has 0 radical (unpaired) electrons. The largest absolute Gasteiger partial charge is 0.344 e. The van der Waals surface area contributed by atoms with Crippen molar-refractivity contribution >= 4 is 39.9 Å². The Kier molecular flexibility index (Phi) is 5.15. The highest BCUT2D eigenvalue weighted by Crippen LogP contribution is 2.23. The number of aromatic nitrogens is 1. The van der Waals surface area contributed by atoms with Gasteiger partial charge in [-0.25, -0.2) is 4.98 Å². The summed E-state index contributed by atoms with van der Waals surface area (Å²) >= 11 is 6.99. The second-order valence-electron chi connectivity index (χ2n) is 4.98. The average Bonchev–Trinajstić information content (AvgIpc) is 2.80. The number of hydrogen-bond acceptors (Lipinski definition) is 4. The first kappa shape index (κ1) is 16.5. The number of carbonyl (C=O) groups is 2. The molecule has 22 heavy (non-hydrogen) atoms. The zero-order valence-electron chi connectivity index (χ0n) is 12.5. The predicted molar refractivity (Wildman–Crippen MR) is 88.7 cm³/mol. The molecule has 0 aliphatic rings. The molecule has 0 saturated heterocycles. The molecule has 0 bridgehead atoms. The van der Waals surface area contributed by atoms with E-state index in [9.17, 15) is 9.59 Å². The fourth-order valence-electron chi connectivity index (χ4n) is 1.80. The van der Waals surface area contributed by atoms with E-state index >= 15 is 0 Å². The highest BCUT2D eigenvalue weighted by Gasteiger charge is 2.17. The summed E-state index contributed by atoms with van der Waals surface area (Å²) in [6.07, 6.45) is 0.229. The number of thiazole rings is 1. The molecule has 0 fully saturated rings. The van der Waals surface area contributed by atoms with Gasteiger partial charge in [0.05, 0.1) is 12.1 Å². The molecule has 2 aromatic rings. The number of nitrogens with one attached hydrogen (secondary N) is 1. The Bertz CT molecular complexity index is 695. The van der Waals surface area contributed by atoms with Gasteiger partial charge in [0, 0.05) is 19.1 Å². The van der Waals surface area contributed by atoms with E-state index in [1.54, 1.807) is 45.3 Å². The van der Waals surface area contributed by atoms with Gasteiger partial charge in [0.25, 0.3) is 5.91 Å². The summed E-state index contributed by atoms with van der Waals surface area (Å²) in [5.41, 5.74) is 1.48. The van der Waals surface area contributed by atoms with Crippen LogP contribution in [0.4, 0.5) is 5.13 Å². The standard InChI is InChI=1S/C15H16ClN3O2S/c1-9-13(14(21)19(2)3)22-15(17-9)18-12(20)8-10-4-6-11(16)7-5-10/h4-7H,8H2,1-3H3,(H,17,18,20). The summed E-state index contributed by atoms with van der Waals surface area (Å²) in [4.78, 5) is 30.2. The second-order valence-corrected chi connectivity index (χ2v) is 6.42. The van der Waals surface area contributed by atoms with Crippen molar-refractivity contribution in [3.8, 4) is 0 Å². The van der Waals surface area contributed by atoms with E-state index < -0.39 is 0 Å². The van der Waals surface area contributed by atoms with Crippen molar-refractivity contribution in [2.75, 3.05) is 19.4 Å². The normalized spacial score (nSPS) is 10.4. The Morgan fingerprint density at radius 1 is 1.27 bits per heavy atom. The Morgan fingerprint density at radius 3 is 2.50 bits per heavy atom. The summed E-state index contributed by atoms with van der Waals surface area (Å²) in [5, 5.41) is 3.79. The van der Waals surface area contributed by atoms with Crippen molar-refractivity contribution in [2.24, 2.45) is 0 Å². The lowest BCUT2D eigenvalue weighted by Gasteiger charge is -2.07. The van der Waals surface area contributed by atoms with Gasteiger partial charge in [-0.3, -0.25) is 9.59 Å².